The summed E-state index contributed by atoms with van der Waals surface area (Å²) < 4.78 is 14.0. The molecule has 0 aliphatic carbocycles. The summed E-state index contributed by atoms with van der Waals surface area (Å²) in [5, 5.41) is 4.63. The number of hydrogen-bond acceptors (Lipinski definition) is 4. The Morgan fingerprint density at radius 1 is 1.26 bits per heavy atom. The largest absolute Gasteiger partial charge is 0.366 e. The Labute approximate surface area is 164 Å². The van der Waals surface area contributed by atoms with Gasteiger partial charge in [0.2, 0.25) is 0 Å². The number of aliphatic imine (C=N–C) groups is 1. The van der Waals surface area contributed by atoms with Crippen LogP contribution in [-0.2, 0) is 12.8 Å². The molecule has 0 radical (unpaired) electrons. The molecule has 2 heterocycles. The van der Waals surface area contributed by atoms with Crippen LogP contribution in [-0.4, -0.2) is 55.6 Å². The highest BCUT2D eigenvalue weighted by molar-refractivity contribution is 7.11. The molecule has 1 fully saturated rings. The predicted molar refractivity (Wildman–Crippen MR) is 111 cm³/mol. The number of aryl methyl sites for hydroxylation is 2. The Balaban J connectivity index is 1.49. The van der Waals surface area contributed by atoms with Crippen LogP contribution in [0.4, 0.5) is 10.1 Å². The normalized spacial score (nSPS) is 15.3. The quantitative estimate of drug-likeness (QED) is 0.630. The van der Waals surface area contributed by atoms with E-state index in [9.17, 15) is 4.39 Å². The lowest BCUT2D eigenvalue weighted by molar-refractivity contribution is 0.371. The summed E-state index contributed by atoms with van der Waals surface area (Å²) >= 11 is 1.79. The fraction of sp³-hybridized carbons (Fsp3) is 0.500. The van der Waals surface area contributed by atoms with Crippen LogP contribution in [0.2, 0.25) is 0 Å². The van der Waals surface area contributed by atoms with E-state index >= 15 is 0 Å². The van der Waals surface area contributed by atoms with E-state index in [0.717, 1.165) is 51.5 Å². The molecule has 1 aromatic heterocycles. The van der Waals surface area contributed by atoms with Gasteiger partial charge in [-0.3, -0.25) is 4.99 Å². The third kappa shape index (κ3) is 4.77. The first-order valence-corrected chi connectivity index (χ1v) is 10.3. The minimum Gasteiger partial charge on any atom is -0.366 e. The number of nitrogens with one attached hydrogen (secondary N) is 1. The molecule has 27 heavy (non-hydrogen) atoms. The molecule has 0 unspecified atom stereocenters. The van der Waals surface area contributed by atoms with Crippen molar-refractivity contribution in [2.75, 3.05) is 44.7 Å². The monoisotopic (exact) mass is 389 g/mol. The molecule has 1 saturated heterocycles. The Morgan fingerprint density at radius 2 is 2.00 bits per heavy atom. The lowest BCUT2D eigenvalue weighted by Gasteiger charge is -2.37. The zero-order valence-electron chi connectivity index (χ0n) is 16.3. The van der Waals surface area contributed by atoms with Gasteiger partial charge in [0.1, 0.15) is 5.82 Å². The maximum absolute atomic E-state index is 14.0. The van der Waals surface area contributed by atoms with Crippen molar-refractivity contribution in [2.45, 2.75) is 26.7 Å². The Bertz CT molecular complexity index is 780. The summed E-state index contributed by atoms with van der Waals surface area (Å²) in [6, 6.07) is 6.98. The lowest BCUT2D eigenvalue weighted by Crippen LogP contribution is -2.53. The average Bonchev–Trinajstić information content (AvgIpc) is 3.05. The highest BCUT2D eigenvalue weighted by Crippen LogP contribution is 2.20. The molecule has 1 N–H and O–H groups in total. The van der Waals surface area contributed by atoms with Gasteiger partial charge in [0.05, 0.1) is 16.4 Å². The number of piperazine rings is 1. The molecule has 0 atom stereocenters. The fourth-order valence-electron chi connectivity index (χ4n) is 3.40. The Kier molecular flexibility index (Phi) is 6.66. The number of thiazole rings is 1. The first-order chi connectivity index (χ1) is 13.1. The molecule has 0 spiro atoms. The van der Waals surface area contributed by atoms with E-state index in [1.54, 1.807) is 17.4 Å². The number of rotatable bonds is 5. The van der Waals surface area contributed by atoms with E-state index in [0.29, 0.717) is 5.69 Å². The second-order valence-electron chi connectivity index (χ2n) is 6.61. The zero-order valence-corrected chi connectivity index (χ0v) is 17.2. The van der Waals surface area contributed by atoms with Crippen molar-refractivity contribution in [1.29, 1.82) is 0 Å². The van der Waals surface area contributed by atoms with Crippen molar-refractivity contribution in [1.82, 2.24) is 15.2 Å². The second kappa shape index (κ2) is 9.17. The third-order valence-corrected chi connectivity index (χ3v) is 5.95. The lowest BCUT2D eigenvalue weighted by atomic mass is 10.2. The summed E-state index contributed by atoms with van der Waals surface area (Å²) in [5.74, 6) is 0.755. The smallest absolute Gasteiger partial charge is 0.193 e. The first kappa shape index (κ1) is 19.6. The molecule has 1 aliphatic heterocycles. The number of halogens is 1. The molecule has 0 amide bonds. The van der Waals surface area contributed by atoms with Gasteiger partial charge >= 0.3 is 0 Å². The van der Waals surface area contributed by atoms with Gasteiger partial charge in [-0.05, 0) is 25.5 Å². The molecule has 5 nitrogen and oxygen atoms in total. The number of nitrogens with zero attached hydrogens (tertiary/aromatic N) is 4. The standard InChI is InChI=1S/C20H28FN5S/c1-4-17-15(2)27-19(24-17)9-10-23-20(22-3)26-13-11-25(12-14-26)18-8-6-5-7-16(18)21/h5-8H,4,9-14H2,1-3H3,(H,22,23). The zero-order chi connectivity index (χ0) is 19.2. The highest BCUT2D eigenvalue weighted by atomic mass is 32.1. The van der Waals surface area contributed by atoms with Crippen molar-refractivity contribution in [3.63, 3.8) is 0 Å². The molecular weight excluding hydrogens is 361 g/mol. The number of guanidine groups is 1. The topological polar surface area (TPSA) is 43.8 Å². The van der Waals surface area contributed by atoms with Crippen molar-refractivity contribution in [2.24, 2.45) is 4.99 Å². The molecular formula is C20H28FN5S. The van der Waals surface area contributed by atoms with E-state index in [4.69, 9.17) is 4.98 Å². The number of anilines is 1. The summed E-state index contributed by atoms with van der Waals surface area (Å²) in [6.45, 7) is 8.32. The number of hydrogen-bond donors (Lipinski definition) is 1. The van der Waals surface area contributed by atoms with Crippen molar-refractivity contribution in [3.8, 4) is 0 Å². The van der Waals surface area contributed by atoms with Gasteiger partial charge in [0.15, 0.2) is 5.96 Å². The van der Waals surface area contributed by atoms with Crippen molar-refractivity contribution < 1.29 is 4.39 Å². The summed E-state index contributed by atoms with van der Waals surface area (Å²) in [6.07, 6.45) is 1.89. The summed E-state index contributed by atoms with van der Waals surface area (Å²) in [7, 11) is 1.81. The predicted octanol–water partition coefficient (Wildman–Crippen LogP) is 3.09. The van der Waals surface area contributed by atoms with E-state index < -0.39 is 0 Å². The number of aromatic nitrogens is 1. The van der Waals surface area contributed by atoms with Crippen LogP contribution in [0, 0.1) is 12.7 Å². The van der Waals surface area contributed by atoms with Gasteiger partial charge in [0.25, 0.3) is 0 Å². The second-order valence-corrected chi connectivity index (χ2v) is 7.90. The van der Waals surface area contributed by atoms with E-state index in [1.165, 1.54) is 21.6 Å². The van der Waals surface area contributed by atoms with E-state index in [2.05, 4.69) is 34.0 Å². The molecule has 7 heteroatoms. The van der Waals surface area contributed by atoms with Gasteiger partial charge < -0.3 is 15.1 Å². The van der Waals surface area contributed by atoms with Crippen LogP contribution in [0.3, 0.4) is 0 Å². The minimum atomic E-state index is -0.154. The van der Waals surface area contributed by atoms with Crippen molar-refractivity contribution >= 4 is 23.0 Å². The summed E-state index contributed by atoms with van der Waals surface area (Å²) in [4.78, 5) is 14.8. The molecule has 146 valence electrons. The Hall–Kier alpha value is -2.15. The van der Waals surface area contributed by atoms with Gasteiger partial charge in [-0.1, -0.05) is 19.1 Å². The Morgan fingerprint density at radius 3 is 2.63 bits per heavy atom. The first-order valence-electron chi connectivity index (χ1n) is 9.52. The maximum atomic E-state index is 14.0. The number of benzene rings is 1. The van der Waals surface area contributed by atoms with Crippen LogP contribution in [0.1, 0.15) is 22.5 Å². The van der Waals surface area contributed by atoms with Gasteiger partial charge in [-0.25, -0.2) is 9.37 Å². The summed E-state index contributed by atoms with van der Waals surface area (Å²) in [5.41, 5.74) is 1.90. The maximum Gasteiger partial charge on any atom is 0.193 e. The fourth-order valence-corrected chi connectivity index (χ4v) is 4.42. The van der Waals surface area contributed by atoms with Crippen LogP contribution in [0.15, 0.2) is 29.3 Å². The third-order valence-electron chi connectivity index (χ3n) is 4.88. The SMILES string of the molecule is CCc1nc(CCNC(=NC)N2CCN(c3ccccc3F)CC2)sc1C. The van der Waals surface area contributed by atoms with Gasteiger partial charge in [0, 0.05) is 51.1 Å². The molecule has 0 saturated carbocycles. The van der Waals surface area contributed by atoms with E-state index in [-0.39, 0.29) is 5.82 Å². The van der Waals surface area contributed by atoms with E-state index in [1.807, 2.05) is 19.2 Å². The number of para-hydroxylation sites is 1. The van der Waals surface area contributed by atoms with Crippen LogP contribution >= 0.6 is 11.3 Å². The molecule has 2 aromatic rings. The highest BCUT2D eigenvalue weighted by Gasteiger charge is 2.21. The van der Waals surface area contributed by atoms with Crippen LogP contribution in [0.25, 0.3) is 0 Å². The minimum absolute atomic E-state index is 0.154. The molecule has 0 bridgehead atoms. The van der Waals surface area contributed by atoms with Gasteiger partial charge in [-0.2, -0.15) is 0 Å². The van der Waals surface area contributed by atoms with Crippen LogP contribution in [0.5, 0.6) is 0 Å². The molecule has 1 aliphatic rings. The average molecular weight is 390 g/mol. The molecule has 1 aromatic carbocycles. The van der Waals surface area contributed by atoms with Crippen LogP contribution < -0.4 is 10.2 Å². The van der Waals surface area contributed by atoms with Crippen molar-refractivity contribution in [3.05, 3.63) is 45.7 Å². The van der Waals surface area contributed by atoms with Gasteiger partial charge in [-0.15, -0.1) is 11.3 Å². The molecule has 3 rings (SSSR count).